The number of benzene rings is 1. The molecule has 1 aromatic rings. The summed E-state index contributed by atoms with van der Waals surface area (Å²) in [4.78, 5) is 11.5. The van der Waals surface area contributed by atoms with Crippen molar-refractivity contribution >= 4 is 86.4 Å². The number of ether oxygens (including phenoxy) is 1. The van der Waals surface area contributed by atoms with Gasteiger partial charge in [0, 0.05) is 15.3 Å². The van der Waals surface area contributed by atoms with Gasteiger partial charge in [-0.25, -0.2) is 0 Å². The summed E-state index contributed by atoms with van der Waals surface area (Å²) in [5.74, 6) is -0.258. The number of hydrogen-bond acceptors (Lipinski definition) is 5. The van der Waals surface area contributed by atoms with Crippen LogP contribution in [-0.2, 0) is 11.2 Å². The lowest BCUT2D eigenvalue weighted by Gasteiger charge is -2.29. The maximum Gasteiger partial charge on any atom is 0.320 e. The molecule has 5 nitrogen and oxygen atoms in total. The number of hydrogen-bond donors (Lipinski definition) is 4. The van der Waals surface area contributed by atoms with Crippen molar-refractivity contribution in [3.63, 3.8) is 0 Å². The monoisotopic (exact) mass is 687 g/mol. The molecule has 0 aromatic heterocycles. The number of rotatable bonds is 5. The molecule has 9 heteroatoms. The summed E-state index contributed by atoms with van der Waals surface area (Å²) in [7, 11) is 0. The zero-order valence-corrected chi connectivity index (χ0v) is 19.7. The zero-order valence-electron chi connectivity index (χ0n) is 12.3. The highest BCUT2D eigenvalue weighted by atomic mass is 127. The maximum atomic E-state index is 10.9. The van der Waals surface area contributed by atoms with Gasteiger partial charge in [-0.1, -0.05) is 22.6 Å². The van der Waals surface area contributed by atoms with E-state index in [1.54, 1.807) is 0 Å². The van der Waals surface area contributed by atoms with Gasteiger partial charge in [0.25, 0.3) is 0 Å². The highest BCUT2D eigenvalue weighted by Crippen LogP contribution is 2.34. The molecular weight excluding hydrogens is 671 g/mol. The maximum absolute atomic E-state index is 10.9. The van der Waals surface area contributed by atoms with Gasteiger partial charge in [-0.05, 0) is 75.4 Å². The van der Waals surface area contributed by atoms with Crippen LogP contribution in [0.5, 0.6) is 5.75 Å². The summed E-state index contributed by atoms with van der Waals surface area (Å²) in [6.07, 6.45) is 2.10. The number of carboxylic acid groups (broad SMARTS) is 1. The molecule has 0 bridgehead atoms. The van der Waals surface area contributed by atoms with Gasteiger partial charge < -0.3 is 20.7 Å². The molecule has 1 aromatic carbocycles. The fourth-order valence-electron chi connectivity index (χ4n) is 2.31. The minimum Gasteiger partial charge on any atom is -0.484 e. The van der Waals surface area contributed by atoms with Gasteiger partial charge in [0.2, 0.25) is 0 Å². The predicted octanol–water partition coefficient (Wildman–Crippen LogP) is 2.98. The van der Waals surface area contributed by atoms with Crippen molar-refractivity contribution in [2.75, 3.05) is 0 Å². The Hall–Kier alpha value is 0.690. The molecule has 4 N–H and O–H groups in total. The molecule has 4 unspecified atom stereocenters. The molecule has 0 spiro atoms. The Morgan fingerprint density at radius 1 is 1.42 bits per heavy atom. The number of aliphatic hydroxyl groups is 1. The van der Waals surface area contributed by atoms with Crippen molar-refractivity contribution in [2.24, 2.45) is 5.73 Å². The third kappa shape index (κ3) is 5.34. The number of aliphatic carboxylic acids is 1. The number of aliphatic hydroxyl groups excluding tert-OH is 1. The Morgan fingerprint density at radius 2 is 2.00 bits per heavy atom. The van der Waals surface area contributed by atoms with Gasteiger partial charge in [-0.2, -0.15) is 0 Å². The third-order valence-corrected chi connectivity index (χ3v) is 6.77. The molecule has 0 saturated carbocycles. The Kier molecular flexibility index (Phi) is 7.93. The summed E-state index contributed by atoms with van der Waals surface area (Å²) < 4.78 is 7.96. The lowest BCUT2D eigenvalue weighted by molar-refractivity contribution is -0.138. The highest BCUT2D eigenvalue weighted by Gasteiger charge is 2.29. The fourth-order valence-corrected chi connectivity index (χ4v) is 5.98. The smallest absolute Gasteiger partial charge is 0.320 e. The lowest BCUT2D eigenvalue weighted by Crippen LogP contribution is -2.33. The van der Waals surface area contributed by atoms with Crippen LogP contribution in [0.15, 0.2) is 23.1 Å². The zero-order chi connectivity index (χ0) is 18.0. The molecule has 0 aliphatic heterocycles. The van der Waals surface area contributed by atoms with Crippen molar-refractivity contribution in [2.45, 2.75) is 35.0 Å². The second-order valence-electron chi connectivity index (χ2n) is 5.48. The van der Waals surface area contributed by atoms with E-state index in [9.17, 15) is 9.90 Å². The first-order valence-corrected chi connectivity index (χ1v) is 10.9. The van der Waals surface area contributed by atoms with E-state index in [-0.39, 0.29) is 16.4 Å². The van der Waals surface area contributed by atoms with Crippen molar-refractivity contribution in [1.82, 2.24) is 0 Å². The van der Waals surface area contributed by atoms with E-state index in [0.29, 0.717) is 11.3 Å². The van der Waals surface area contributed by atoms with Crippen LogP contribution in [0.2, 0.25) is 0 Å². The Labute approximate surface area is 186 Å². The van der Waals surface area contributed by atoms with Crippen LogP contribution in [0.25, 0.3) is 0 Å². The second kappa shape index (κ2) is 9.06. The summed E-state index contributed by atoms with van der Waals surface area (Å²) in [6, 6.07) is 2.87. The third-order valence-electron chi connectivity index (χ3n) is 3.56. The van der Waals surface area contributed by atoms with E-state index in [0.717, 1.165) is 18.5 Å². The summed E-state index contributed by atoms with van der Waals surface area (Å²) >= 11 is 10.9. The summed E-state index contributed by atoms with van der Waals surface area (Å²) in [5.41, 5.74) is 6.47. The van der Waals surface area contributed by atoms with Crippen LogP contribution in [0.1, 0.15) is 12.0 Å². The van der Waals surface area contributed by atoms with Gasteiger partial charge in [0.05, 0.1) is 13.2 Å². The SMILES string of the molecule is NC(Cc1cc(I)c(OC2C=C(S)C(O)C(I)C2)c(I)c1)C(=O)O. The van der Waals surface area contributed by atoms with Crippen LogP contribution in [-0.4, -0.2) is 38.4 Å². The molecular formula is C15H16I3NO4S. The van der Waals surface area contributed by atoms with E-state index in [1.807, 2.05) is 18.2 Å². The lowest BCUT2D eigenvalue weighted by atomic mass is 10.0. The van der Waals surface area contributed by atoms with Gasteiger partial charge >= 0.3 is 5.97 Å². The topological polar surface area (TPSA) is 92.8 Å². The Bertz CT molecular complexity index is 647. The van der Waals surface area contributed by atoms with E-state index in [1.165, 1.54) is 0 Å². The van der Waals surface area contributed by atoms with Crippen molar-refractivity contribution in [1.29, 1.82) is 0 Å². The number of halogens is 3. The van der Waals surface area contributed by atoms with Gasteiger partial charge in [0.15, 0.2) is 0 Å². The summed E-state index contributed by atoms with van der Waals surface area (Å²) in [5, 5.41) is 18.9. The largest absolute Gasteiger partial charge is 0.484 e. The second-order valence-corrected chi connectivity index (χ2v) is 9.92. The van der Waals surface area contributed by atoms with Gasteiger partial charge in [0.1, 0.15) is 17.9 Å². The number of carbonyl (C=O) groups is 1. The molecule has 1 aliphatic rings. The van der Waals surface area contributed by atoms with Crippen LogP contribution in [0, 0.1) is 7.14 Å². The van der Waals surface area contributed by atoms with E-state index in [4.69, 9.17) is 15.6 Å². The predicted molar refractivity (Wildman–Crippen MR) is 121 cm³/mol. The molecule has 4 atom stereocenters. The first-order chi connectivity index (χ1) is 11.2. The minimum absolute atomic E-state index is 0.0493. The van der Waals surface area contributed by atoms with Crippen LogP contribution >= 0.6 is 80.4 Å². The Balaban J connectivity index is 2.18. The van der Waals surface area contributed by atoms with Crippen LogP contribution in [0.4, 0.5) is 0 Å². The quantitative estimate of drug-likeness (QED) is 0.217. The molecule has 24 heavy (non-hydrogen) atoms. The first-order valence-electron chi connectivity index (χ1n) is 7.04. The minimum atomic E-state index is -1.01. The molecule has 0 heterocycles. The fraction of sp³-hybridized carbons (Fsp3) is 0.400. The normalized spacial score (nSPS) is 25.1. The van der Waals surface area contributed by atoms with E-state index >= 15 is 0 Å². The molecule has 132 valence electrons. The van der Waals surface area contributed by atoms with Gasteiger partial charge in [-0.15, -0.1) is 12.6 Å². The molecule has 0 saturated heterocycles. The van der Waals surface area contributed by atoms with Gasteiger partial charge in [-0.3, -0.25) is 4.79 Å². The Morgan fingerprint density at radius 3 is 2.50 bits per heavy atom. The molecule has 0 amide bonds. The van der Waals surface area contributed by atoms with Crippen LogP contribution in [0.3, 0.4) is 0 Å². The molecule has 0 radical (unpaired) electrons. The van der Waals surface area contributed by atoms with E-state index < -0.39 is 18.1 Å². The molecule has 1 aliphatic carbocycles. The van der Waals surface area contributed by atoms with E-state index in [2.05, 4.69) is 80.4 Å². The van der Waals surface area contributed by atoms with Crippen LogP contribution < -0.4 is 10.5 Å². The number of alkyl halides is 1. The first kappa shape index (κ1) is 21.0. The number of thiol groups is 1. The van der Waals surface area contributed by atoms with Crippen molar-refractivity contribution in [3.8, 4) is 5.75 Å². The molecule has 2 rings (SSSR count). The van der Waals surface area contributed by atoms with Crippen molar-refractivity contribution < 1.29 is 19.7 Å². The molecule has 0 fully saturated rings. The van der Waals surface area contributed by atoms with Crippen molar-refractivity contribution in [3.05, 3.63) is 35.8 Å². The highest BCUT2D eigenvalue weighted by molar-refractivity contribution is 14.1. The number of carboxylic acids is 1. The standard InChI is InChI=1S/C15H16I3NO4S/c16-8-4-7(5-12(24)13(8)20)23-14-9(17)1-6(2-10(14)18)3-11(19)15(21)22/h1-2,5,7-8,11,13,20,24H,3-4,19H2,(H,21,22). The average Bonchev–Trinajstić information content (AvgIpc) is 2.48. The number of nitrogens with two attached hydrogens (primary N) is 1. The average molecular weight is 687 g/mol. The summed E-state index contributed by atoms with van der Waals surface area (Å²) in [6.45, 7) is 0.